The van der Waals surface area contributed by atoms with Gasteiger partial charge >= 0.3 is 0 Å². The Hall–Kier alpha value is -2.92. The summed E-state index contributed by atoms with van der Waals surface area (Å²) in [7, 11) is 0. The molecule has 2 aromatic carbocycles. The van der Waals surface area contributed by atoms with E-state index in [1.54, 1.807) is 6.20 Å². The maximum Gasteiger partial charge on any atom is 0.251 e. The number of aryl methyl sites for hydroxylation is 1. The van der Waals surface area contributed by atoms with Crippen LogP contribution < -0.4 is 5.32 Å². The number of nitrogens with one attached hydrogen (secondary N) is 1. The largest absolute Gasteiger partial charge is 0.350 e. The van der Waals surface area contributed by atoms with Crippen molar-refractivity contribution in [2.75, 3.05) is 19.6 Å². The SMILES string of the molecule is CCN(CC)C(CNC(=O)c1ccc(-n2nccc2C)cc1)c1ccccc1. The van der Waals surface area contributed by atoms with Gasteiger partial charge in [-0.25, -0.2) is 4.68 Å². The number of benzene rings is 2. The summed E-state index contributed by atoms with van der Waals surface area (Å²) in [4.78, 5) is 15.1. The molecule has 146 valence electrons. The zero-order chi connectivity index (χ0) is 19.9. The molecule has 0 radical (unpaired) electrons. The molecule has 5 nitrogen and oxygen atoms in total. The highest BCUT2D eigenvalue weighted by molar-refractivity contribution is 5.94. The van der Waals surface area contributed by atoms with Crippen molar-refractivity contribution in [3.05, 3.63) is 83.7 Å². The predicted octanol–water partition coefficient (Wildman–Crippen LogP) is 3.99. The van der Waals surface area contributed by atoms with Gasteiger partial charge in [-0.1, -0.05) is 44.2 Å². The summed E-state index contributed by atoms with van der Waals surface area (Å²) in [5.74, 6) is -0.0585. The molecular weight excluding hydrogens is 348 g/mol. The van der Waals surface area contributed by atoms with Crippen LogP contribution in [-0.4, -0.2) is 40.2 Å². The minimum atomic E-state index is -0.0585. The highest BCUT2D eigenvalue weighted by Crippen LogP contribution is 2.20. The summed E-state index contributed by atoms with van der Waals surface area (Å²) in [5.41, 5.74) is 3.88. The quantitative estimate of drug-likeness (QED) is 0.647. The van der Waals surface area contributed by atoms with Crippen LogP contribution in [0.2, 0.25) is 0 Å². The summed E-state index contributed by atoms with van der Waals surface area (Å²) in [6.07, 6.45) is 1.77. The maximum atomic E-state index is 12.7. The number of aromatic nitrogens is 2. The first-order chi connectivity index (χ1) is 13.6. The third-order valence-electron chi connectivity index (χ3n) is 5.10. The van der Waals surface area contributed by atoms with Gasteiger partial charge in [-0.3, -0.25) is 9.69 Å². The fraction of sp³-hybridized carbons (Fsp3) is 0.304. The molecular formula is C23H28N4O. The van der Waals surface area contributed by atoms with Crippen LogP contribution in [0, 0.1) is 6.92 Å². The van der Waals surface area contributed by atoms with Gasteiger partial charge in [0.15, 0.2) is 0 Å². The smallest absolute Gasteiger partial charge is 0.251 e. The zero-order valence-electron chi connectivity index (χ0n) is 16.8. The summed E-state index contributed by atoms with van der Waals surface area (Å²) in [6.45, 7) is 8.75. The molecule has 0 aliphatic rings. The molecule has 0 spiro atoms. The molecule has 1 aromatic heterocycles. The van der Waals surface area contributed by atoms with Crippen LogP contribution >= 0.6 is 0 Å². The van der Waals surface area contributed by atoms with E-state index in [1.807, 2.05) is 60.1 Å². The van der Waals surface area contributed by atoms with Crippen molar-refractivity contribution < 1.29 is 4.79 Å². The second-order valence-corrected chi connectivity index (χ2v) is 6.79. The molecule has 1 atom stereocenters. The predicted molar refractivity (Wildman–Crippen MR) is 113 cm³/mol. The number of amides is 1. The van der Waals surface area contributed by atoms with Gasteiger partial charge in [-0.05, 0) is 55.9 Å². The number of hydrogen-bond donors (Lipinski definition) is 1. The van der Waals surface area contributed by atoms with E-state index >= 15 is 0 Å². The third-order valence-corrected chi connectivity index (χ3v) is 5.10. The van der Waals surface area contributed by atoms with Crippen LogP contribution in [0.5, 0.6) is 0 Å². The summed E-state index contributed by atoms with van der Waals surface area (Å²) < 4.78 is 1.85. The molecule has 1 heterocycles. The molecule has 0 aliphatic carbocycles. The van der Waals surface area contributed by atoms with Gasteiger partial charge in [0.1, 0.15) is 0 Å². The van der Waals surface area contributed by atoms with Crippen molar-refractivity contribution in [2.45, 2.75) is 26.8 Å². The van der Waals surface area contributed by atoms with Crippen molar-refractivity contribution in [3.8, 4) is 5.69 Å². The molecule has 3 aromatic rings. The Balaban J connectivity index is 1.70. The van der Waals surface area contributed by atoms with Crippen molar-refractivity contribution in [3.63, 3.8) is 0 Å². The van der Waals surface area contributed by atoms with E-state index in [9.17, 15) is 4.79 Å². The van der Waals surface area contributed by atoms with Gasteiger partial charge in [-0.2, -0.15) is 5.10 Å². The average molecular weight is 377 g/mol. The Bertz CT molecular complexity index is 882. The van der Waals surface area contributed by atoms with E-state index in [0.29, 0.717) is 12.1 Å². The molecule has 0 aliphatic heterocycles. The van der Waals surface area contributed by atoms with E-state index in [4.69, 9.17) is 0 Å². The minimum absolute atomic E-state index is 0.0585. The van der Waals surface area contributed by atoms with Gasteiger partial charge in [0.25, 0.3) is 5.91 Å². The van der Waals surface area contributed by atoms with Gasteiger partial charge in [0, 0.05) is 24.0 Å². The molecule has 1 unspecified atom stereocenters. The Morgan fingerprint density at radius 3 is 2.29 bits per heavy atom. The summed E-state index contributed by atoms with van der Waals surface area (Å²) in [5, 5.41) is 7.41. The Morgan fingerprint density at radius 2 is 1.71 bits per heavy atom. The second-order valence-electron chi connectivity index (χ2n) is 6.79. The average Bonchev–Trinajstić information content (AvgIpc) is 3.17. The molecule has 5 heteroatoms. The monoisotopic (exact) mass is 376 g/mol. The van der Waals surface area contributed by atoms with Gasteiger partial charge < -0.3 is 5.32 Å². The summed E-state index contributed by atoms with van der Waals surface area (Å²) in [6, 6.07) is 20.0. The van der Waals surface area contributed by atoms with Crippen LogP contribution in [0.3, 0.4) is 0 Å². The molecule has 1 N–H and O–H groups in total. The first-order valence-corrected chi connectivity index (χ1v) is 9.82. The molecule has 0 saturated carbocycles. The van der Waals surface area contributed by atoms with Crippen LogP contribution in [-0.2, 0) is 0 Å². The number of carbonyl (C=O) groups excluding carboxylic acids is 1. The van der Waals surface area contributed by atoms with Crippen LogP contribution in [0.25, 0.3) is 5.69 Å². The lowest BCUT2D eigenvalue weighted by atomic mass is 10.0. The Morgan fingerprint density at radius 1 is 1.04 bits per heavy atom. The van der Waals surface area contributed by atoms with Gasteiger partial charge in [-0.15, -0.1) is 0 Å². The number of hydrogen-bond acceptors (Lipinski definition) is 3. The third kappa shape index (κ3) is 4.49. The minimum Gasteiger partial charge on any atom is -0.350 e. The number of nitrogens with zero attached hydrogens (tertiary/aromatic N) is 3. The summed E-state index contributed by atoms with van der Waals surface area (Å²) >= 11 is 0. The first-order valence-electron chi connectivity index (χ1n) is 9.82. The zero-order valence-corrected chi connectivity index (χ0v) is 16.8. The van der Waals surface area contributed by atoms with Crippen LogP contribution in [0.1, 0.15) is 41.5 Å². The molecule has 0 fully saturated rings. The fourth-order valence-corrected chi connectivity index (χ4v) is 3.48. The van der Waals surface area contributed by atoms with Crippen LogP contribution in [0.4, 0.5) is 0 Å². The van der Waals surface area contributed by atoms with E-state index < -0.39 is 0 Å². The highest BCUT2D eigenvalue weighted by atomic mass is 16.1. The van der Waals surface area contributed by atoms with E-state index in [2.05, 4.69) is 41.3 Å². The van der Waals surface area contributed by atoms with E-state index in [0.717, 1.165) is 24.5 Å². The number of likely N-dealkylation sites (N-methyl/N-ethyl adjacent to an activating group) is 1. The van der Waals surface area contributed by atoms with Gasteiger partial charge in [0.2, 0.25) is 0 Å². The number of rotatable bonds is 8. The van der Waals surface area contributed by atoms with Crippen molar-refractivity contribution in [2.24, 2.45) is 0 Å². The maximum absolute atomic E-state index is 12.7. The lowest BCUT2D eigenvalue weighted by Gasteiger charge is -2.30. The Kier molecular flexibility index (Phi) is 6.61. The van der Waals surface area contributed by atoms with Crippen LogP contribution in [0.15, 0.2) is 66.9 Å². The molecule has 0 saturated heterocycles. The van der Waals surface area contributed by atoms with Gasteiger partial charge in [0.05, 0.1) is 11.7 Å². The molecule has 0 bridgehead atoms. The lowest BCUT2D eigenvalue weighted by Crippen LogP contribution is -2.38. The number of carbonyl (C=O) groups is 1. The normalized spacial score (nSPS) is 12.1. The molecule has 3 rings (SSSR count). The van der Waals surface area contributed by atoms with Crippen molar-refractivity contribution in [1.82, 2.24) is 20.0 Å². The second kappa shape index (κ2) is 9.33. The highest BCUT2D eigenvalue weighted by Gasteiger charge is 2.19. The topological polar surface area (TPSA) is 50.2 Å². The molecule has 28 heavy (non-hydrogen) atoms. The van der Waals surface area contributed by atoms with Crippen molar-refractivity contribution >= 4 is 5.91 Å². The van der Waals surface area contributed by atoms with Crippen molar-refractivity contribution in [1.29, 1.82) is 0 Å². The standard InChI is InChI=1S/C23H28N4O/c1-4-26(5-2)22(19-9-7-6-8-10-19)17-24-23(28)20-11-13-21(14-12-20)27-18(3)15-16-25-27/h6-16,22H,4-5,17H2,1-3H3,(H,24,28). The van der Waals surface area contributed by atoms with E-state index in [1.165, 1.54) is 5.56 Å². The fourth-order valence-electron chi connectivity index (χ4n) is 3.48. The first kappa shape index (κ1) is 19.8. The lowest BCUT2D eigenvalue weighted by molar-refractivity contribution is 0.0935. The Labute approximate surface area is 167 Å². The molecule has 1 amide bonds. The van der Waals surface area contributed by atoms with E-state index in [-0.39, 0.29) is 11.9 Å².